The van der Waals surface area contributed by atoms with E-state index in [-0.39, 0.29) is 10.8 Å². The molecule has 1 heterocycles. The number of aryl methyl sites for hydroxylation is 1. The van der Waals surface area contributed by atoms with E-state index < -0.39 is 0 Å². The zero-order valence-electron chi connectivity index (χ0n) is 21.3. The Hall–Kier alpha value is -3.13. The minimum Gasteiger partial charge on any atom is -0.347 e. The molecule has 0 aliphatic carbocycles. The highest BCUT2D eigenvalue weighted by Gasteiger charge is 2.37. The molecule has 0 saturated heterocycles. The van der Waals surface area contributed by atoms with Gasteiger partial charge in [-0.3, -0.25) is 4.99 Å². The van der Waals surface area contributed by atoms with Crippen molar-refractivity contribution in [3.63, 3.8) is 0 Å². The van der Waals surface area contributed by atoms with E-state index in [4.69, 9.17) is 4.99 Å². The van der Waals surface area contributed by atoms with Gasteiger partial charge in [-0.2, -0.15) is 0 Å². The number of fused-ring (bicyclic) bond motifs is 1. The number of para-hydroxylation sites is 1. The molecule has 172 valence electrons. The average molecular weight is 439 g/mol. The second-order valence-corrected chi connectivity index (χ2v) is 9.68. The molecule has 0 radical (unpaired) electrons. The zero-order valence-corrected chi connectivity index (χ0v) is 21.3. The molecule has 1 aliphatic heterocycles. The van der Waals surface area contributed by atoms with Crippen LogP contribution in [0.25, 0.3) is 0 Å². The van der Waals surface area contributed by atoms with Crippen molar-refractivity contribution in [2.24, 2.45) is 4.99 Å². The highest BCUT2D eigenvalue weighted by Crippen LogP contribution is 2.46. The summed E-state index contributed by atoms with van der Waals surface area (Å²) in [6, 6.07) is 17.2. The van der Waals surface area contributed by atoms with Gasteiger partial charge in [0, 0.05) is 41.5 Å². The van der Waals surface area contributed by atoms with Crippen molar-refractivity contribution < 1.29 is 0 Å². The van der Waals surface area contributed by atoms with Gasteiger partial charge in [0.25, 0.3) is 0 Å². The summed E-state index contributed by atoms with van der Waals surface area (Å²) < 4.78 is 0. The summed E-state index contributed by atoms with van der Waals surface area (Å²) in [6.45, 7) is 14.1. The molecule has 0 unspecified atom stereocenters. The Labute approximate surface area is 200 Å². The Bertz CT molecular complexity index is 1120. The lowest BCUT2D eigenvalue weighted by molar-refractivity contribution is 0.640. The monoisotopic (exact) mass is 438 g/mol. The van der Waals surface area contributed by atoms with Gasteiger partial charge < -0.3 is 4.90 Å². The minimum absolute atomic E-state index is 0.00592. The second kappa shape index (κ2) is 10.2. The van der Waals surface area contributed by atoms with Crippen molar-refractivity contribution in [1.29, 1.82) is 0 Å². The number of aliphatic imine (C=N–C) groups is 1. The maximum atomic E-state index is 4.81. The van der Waals surface area contributed by atoms with Crippen molar-refractivity contribution in [3.05, 3.63) is 113 Å². The second-order valence-electron chi connectivity index (χ2n) is 9.68. The molecule has 0 atom stereocenters. The SMILES string of the molecule is CCN=C(/C=C/C=C/C=C/C=C1\N(C)c2ccccc2C1(C)C)C(C)(C)c1ccccc1C. The summed E-state index contributed by atoms with van der Waals surface area (Å²) in [4.78, 5) is 7.10. The van der Waals surface area contributed by atoms with Gasteiger partial charge in [-0.05, 0) is 48.8 Å². The molecule has 0 bridgehead atoms. The smallest absolute Gasteiger partial charge is 0.0448 e. The largest absolute Gasteiger partial charge is 0.347 e. The third kappa shape index (κ3) is 5.11. The van der Waals surface area contributed by atoms with Gasteiger partial charge in [-0.25, -0.2) is 0 Å². The molecule has 3 rings (SSSR count). The van der Waals surface area contributed by atoms with Crippen molar-refractivity contribution in [3.8, 4) is 0 Å². The van der Waals surface area contributed by atoms with Gasteiger partial charge in [0.05, 0.1) is 0 Å². The Morgan fingerprint density at radius 2 is 1.58 bits per heavy atom. The van der Waals surface area contributed by atoms with Crippen LogP contribution in [0.5, 0.6) is 0 Å². The number of nitrogens with zero attached hydrogens (tertiary/aromatic N) is 2. The normalized spacial score (nSPS) is 17.7. The minimum atomic E-state index is -0.139. The Morgan fingerprint density at radius 1 is 0.939 bits per heavy atom. The van der Waals surface area contributed by atoms with Crippen LogP contribution < -0.4 is 4.90 Å². The molecule has 2 heteroatoms. The molecule has 2 aromatic rings. The highest BCUT2D eigenvalue weighted by atomic mass is 15.2. The summed E-state index contributed by atoms with van der Waals surface area (Å²) in [5, 5.41) is 0. The maximum absolute atomic E-state index is 4.81. The van der Waals surface area contributed by atoms with Crippen LogP contribution in [0.3, 0.4) is 0 Å². The van der Waals surface area contributed by atoms with Crippen LogP contribution in [0, 0.1) is 6.92 Å². The Kier molecular flexibility index (Phi) is 7.58. The lowest BCUT2D eigenvalue weighted by Crippen LogP contribution is -2.28. The molecule has 2 nitrogen and oxygen atoms in total. The summed E-state index contributed by atoms with van der Waals surface area (Å²) >= 11 is 0. The lowest BCUT2D eigenvalue weighted by atomic mass is 9.77. The van der Waals surface area contributed by atoms with Crippen molar-refractivity contribution in [1.82, 2.24) is 0 Å². The number of hydrogen-bond donors (Lipinski definition) is 0. The van der Waals surface area contributed by atoms with Crippen LogP contribution in [0.1, 0.15) is 51.3 Å². The zero-order chi connectivity index (χ0) is 24.1. The quantitative estimate of drug-likeness (QED) is 0.319. The van der Waals surface area contributed by atoms with E-state index in [1.54, 1.807) is 0 Å². The van der Waals surface area contributed by atoms with E-state index in [0.29, 0.717) is 0 Å². The first-order valence-electron chi connectivity index (χ1n) is 11.9. The summed E-state index contributed by atoms with van der Waals surface area (Å²) in [5.74, 6) is 0. The Morgan fingerprint density at radius 3 is 2.27 bits per heavy atom. The van der Waals surface area contributed by atoms with Gasteiger partial charge in [0.1, 0.15) is 0 Å². The molecular formula is C31H38N2. The number of hydrogen-bond acceptors (Lipinski definition) is 2. The number of allylic oxidation sites excluding steroid dienone is 8. The lowest BCUT2D eigenvalue weighted by Gasteiger charge is -2.27. The fourth-order valence-electron chi connectivity index (χ4n) is 4.83. The first-order valence-corrected chi connectivity index (χ1v) is 11.9. The molecule has 2 aromatic carbocycles. The van der Waals surface area contributed by atoms with Crippen molar-refractivity contribution >= 4 is 11.4 Å². The maximum Gasteiger partial charge on any atom is 0.0448 e. The Balaban J connectivity index is 1.71. The number of benzene rings is 2. The van der Waals surface area contributed by atoms with E-state index in [0.717, 1.165) is 12.3 Å². The van der Waals surface area contributed by atoms with Gasteiger partial charge in [-0.15, -0.1) is 0 Å². The molecule has 0 aromatic heterocycles. The standard InChI is InChI=1S/C31H38N2/c1-8-32-28(30(3,4)25-19-15-14-18-24(25)2)22-12-10-9-11-13-23-29-31(5,6)26-20-16-17-21-27(26)33(29)7/h9-23H,8H2,1-7H3/b10-9+,13-11+,22-12+,29-23-,32-28?. The number of rotatable bonds is 7. The fourth-order valence-corrected chi connectivity index (χ4v) is 4.83. The van der Waals surface area contributed by atoms with Crippen LogP contribution in [-0.2, 0) is 10.8 Å². The molecule has 0 amide bonds. The van der Waals surface area contributed by atoms with E-state index in [1.165, 1.54) is 28.1 Å². The van der Waals surface area contributed by atoms with E-state index in [2.05, 4.69) is 145 Å². The molecule has 1 aliphatic rings. The van der Waals surface area contributed by atoms with Crippen LogP contribution in [0.4, 0.5) is 5.69 Å². The third-order valence-electron chi connectivity index (χ3n) is 6.68. The first kappa shape index (κ1) is 24.5. The molecule has 0 fully saturated rings. The molecule has 33 heavy (non-hydrogen) atoms. The molecule has 0 saturated carbocycles. The van der Waals surface area contributed by atoms with Crippen LogP contribution in [0.15, 0.2) is 102 Å². The van der Waals surface area contributed by atoms with Gasteiger partial charge in [-0.1, -0.05) is 101 Å². The van der Waals surface area contributed by atoms with Crippen LogP contribution >= 0.6 is 0 Å². The summed E-state index contributed by atoms with van der Waals surface area (Å²) in [7, 11) is 2.15. The third-order valence-corrected chi connectivity index (χ3v) is 6.68. The van der Waals surface area contributed by atoms with Gasteiger partial charge in [0.15, 0.2) is 0 Å². The van der Waals surface area contributed by atoms with Crippen molar-refractivity contribution in [2.45, 2.75) is 52.4 Å². The summed E-state index contributed by atoms with van der Waals surface area (Å²) in [5.41, 5.74) is 7.56. The van der Waals surface area contributed by atoms with Crippen molar-refractivity contribution in [2.75, 3.05) is 18.5 Å². The van der Waals surface area contributed by atoms with E-state index >= 15 is 0 Å². The summed E-state index contributed by atoms with van der Waals surface area (Å²) in [6.07, 6.45) is 14.8. The predicted octanol–water partition coefficient (Wildman–Crippen LogP) is 7.71. The predicted molar refractivity (Wildman–Crippen MR) is 146 cm³/mol. The fraction of sp³-hybridized carbons (Fsp3) is 0.323. The number of likely N-dealkylation sites (N-methyl/N-ethyl adjacent to an activating group) is 1. The van der Waals surface area contributed by atoms with Crippen LogP contribution in [0.2, 0.25) is 0 Å². The topological polar surface area (TPSA) is 15.6 Å². The van der Waals surface area contributed by atoms with Gasteiger partial charge >= 0.3 is 0 Å². The van der Waals surface area contributed by atoms with E-state index in [1.807, 2.05) is 0 Å². The molecular weight excluding hydrogens is 400 g/mol. The number of anilines is 1. The highest BCUT2D eigenvalue weighted by molar-refractivity contribution is 6.03. The average Bonchev–Trinajstić information content (AvgIpc) is 2.98. The van der Waals surface area contributed by atoms with Gasteiger partial charge in [0.2, 0.25) is 0 Å². The van der Waals surface area contributed by atoms with Crippen LogP contribution in [-0.4, -0.2) is 19.3 Å². The first-order chi connectivity index (χ1) is 15.7. The molecule has 0 N–H and O–H groups in total. The van der Waals surface area contributed by atoms with E-state index in [9.17, 15) is 0 Å². The molecule has 0 spiro atoms.